The number of alkyl carbamates (subject to hydrolysis) is 1. The fourth-order valence-electron chi connectivity index (χ4n) is 4.59. The molecule has 0 spiro atoms. The van der Waals surface area contributed by atoms with Crippen molar-refractivity contribution in [2.75, 3.05) is 0 Å². The lowest BCUT2D eigenvalue weighted by Crippen LogP contribution is -2.59. The maximum atomic E-state index is 14.5. The standard InChI is InChI=1S/C32H43N3O4/c1-8-22-16-12-17-24(20-22)27(28(36)34-31(2,3)4)35(25-18-13-19-25)29(37)26(21-23-14-10-9-11-15-23)33-30(38)39-32(5,6)7/h8-12,14-17,20,25-27H,1,13,18-19,21H2,2-7H3,(H,33,38)(H,34,36). The molecule has 0 aromatic heterocycles. The lowest BCUT2D eigenvalue weighted by Gasteiger charge is -2.44. The van der Waals surface area contributed by atoms with Crippen molar-refractivity contribution in [3.8, 4) is 0 Å². The minimum atomic E-state index is -0.921. The first-order valence-electron chi connectivity index (χ1n) is 13.7. The van der Waals surface area contributed by atoms with E-state index >= 15 is 0 Å². The van der Waals surface area contributed by atoms with Gasteiger partial charge in [0.25, 0.3) is 0 Å². The number of hydrogen-bond donors (Lipinski definition) is 2. The van der Waals surface area contributed by atoms with Gasteiger partial charge in [0.05, 0.1) is 0 Å². The Hall–Kier alpha value is -3.61. The summed E-state index contributed by atoms with van der Waals surface area (Å²) in [5, 5.41) is 5.90. The summed E-state index contributed by atoms with van der Waals surface area (Å²) in [5.74, 6) is -0.577. The summed E-state index contributed by atoms with van der Waals surface area (Å²) >= 11 is 0. The number of carbonyl (C=O) groups excluding carboxylic acids is 3. The summed E-state index contributed by atoms with van der Waals surface area (Å²) in [7, 11) is 0. The Balaban J connectivity index is 2.07. The highest BCUT2D eigenvalue weighted by Crippen LogP contribution is 2.34. The van der Waals surface area contributed by atoms with Gasteiger partial charge in [-0.15, -0.1) is 0 Å². The van der Waals surface area contributed by atoms with Gasteiger partial charge < -0.3 is 20.3 Å². The summed E-state index contributed by atoms with van der Waals surface area (Å²) in [6.07, 6.45) is 3.86. The average Bonchev–Trinajstić information content (AvgIpc) is 2.80. The third-order valence-electron chi connectivity index (χ3n) is 6.48. The largest absolute Gasteiger partial charge is 0.444 e. The highest BCUT2D eigenvalue weighted by Gasteiger charge is 2.42. The molecule has 7 heteroatoms. The van der Waals surface area contributed by atoms with Crippen molar-refractivity contribution in [2.45, 2.75) is 96.5 Å². The van der Waals surface area contributed by atoms with Crippen molar-refractivity contribution in [1.82, 2.24) is 15.5 Å². The van der Waals surface area contributed by atoms with Gasteiger partial charge in [0.15, 0.2) is 0 Å². The number of rotatable bonds is 9. The summed E-state index contributed by atoms with van der Waals surface area (Å²) in [6, 6.07) is 15.2. The van der Waals surface area contributed by atoms with Crippen molar-refractivity contribution in [3.05, 3.63) is 77.9 Å². The second-order valence-electron chi connectivity index (χ2n) is 12.2. The molecule has 2 aromatic rings. The molecule has 2 unspecified atom stereocenters. The van der Waals surface area contributed by atoms with Crippen LogP contribution in [0.3, 0.4) is 0 Å². The zero-order chi connectivity index (χ0) is 28.8. The van der Waals surface area contributed by atoms with Crippen molar-refractivity contribution in [1.29, 1.82) is 0 Å². The van der Waals surface area contributed by atoms with Crippen molar-refractivity contribution >= 4 is 24.0 Å². The van der Waals surface area contributed by atoms with Crippen LogP contribution >= 0.6 is 0 Å². The third-order valence-corrected chi connectivity index (χ3v) is 6.48. The number of ether oxygens (including phenoxy) is 1. The van der Waals surface area contributed by atoms with Gasteiger partial charge in [0.1, 0.15) is 17.7 Å². The van der Waals surface area contributed by atoms with E-state index in [0.29, 0.717) is 5.56 Å². The van der Waals surface area contributed by atoms with Crippen LogP contribution in [0.5, 0.6) is 0 Å². The van der Waals surface area contributed by atoms with Gasteiger partial charge in [-0.25, -0.2) is 4.79 Å². The normalized spacial score (nSPS) is 15.3. The van der Waals surface area contributed by atoms with E-state index in [-0.39, 0.29) is 24.3 Å². The quantitative estimate of drug-likeness (QED) is 0.426. The molecule has 2 N–H and O–H groups in total. The molecule has 1 saturated carbocycles. The number of hydrogen-bond acceptors (Lipinski definition) is 4. The van der Waals surface area contributed by atoms with Gasteiger partial charge in [-0.05, 0) is 83.6 Å². The molecular weight excluding hydrogens is 490 g/mol. The second kappa shape index (κ2) is 12.5. The molecule has 0 bridgehead atoms. The predicted octanol–water partition coefficient (Wildman–Crippen LogP) is 5.80. The van der Waals surface area contributed by atoms with Gasteiger partial charge in [0.2, 0.25) is 11.8 Å². The smallest absolute Gasteiger partial charge is 0.408 e. The van der Waals surface area contributed by atoms with Gasteiger partial charge in [-0.3, -0.25) is 9.59 Å². The lowest BCUT2D eigenvalue weighted by atomic mass is 9.87. The molecule has 1 aliphatic rings. The first-order valence-corrected chi connectivity index (χ1v) is 13.7. The van der Waals surface area contributed by atoms with Crippen molar-refractivity contribution in [3.63, 3.8) is 0 Å². The topological polar surface area (TPSA) is 87.7 Å². The zero-order valence-electron chi connectivity index (χ0n) is 24.1. The van der Waals surface area contributed by atoms with Gasteiger partial charge in [-0.1, -0.05) is 61.2 Å². The molecule has 1 aliphatic carbocycles. The predicted molar refractivity (Wildman–Crippen MR) is 155 cm³/mol. The summed E-state index contributed by atoms with van der Waals surface area (Å²) in [4.78, 5) is 43.0. The number of nitrogens with one attached hydrogen (secondary N) is 2. The minimum absolute atomic E-state index is 0.126. The van der Waals surface area contributed by atoms with E-state index in [1.807, 2.05) is 75.4 Å². The van der Waals surface area contributed by atoms with E-state index < -0.39 is 29.3 Å². The van der Waals surface area contributed by atoms with E-state index in [0.717, 1.165) is 30.4 Å². The fraction of sp³-hybridized carbons (Fsp3) is 0.469. The number of amides is 3. The van der Waals surface area contributed by atoms with Crippen molar-refractivity contribution in [2.24, 2.45) is 0 Å². The molecule has 0 radical (unpaired) electrons. The van der Waals surface area contributed by atoms with Crippen LogP contribution in [0.4, 0.5) is 4.79 Å². The van der Waals surface area contributed by atoms with Gasteiger partial charge in [-0.2, -0.15) is 0 Å². The van der Waals surface area contributed by atoms with Crippen LogP contribution in [0.2, 0.25) is 0 Å². The molecule has 0 saturated heterocycles. The second-order valence-corrected chi connectivity index (χ2v) is 12.2. The molecule has 2 aromatic carbocycles. The van der Waals surface area contributed by atoms with Crippen LogP contribution in [0.15, 0.2) is 61.2 Å². The van der Waals surface area contributed by atoms with Crippen LogP contribution in [0.25, 0.3) is 6.08 Å². The summed E-state index contributed by atoms with van der Waals surface area (Å²) in [6.45, 7) is 15.0. The maximum Gasteiger partial charge on any atom is 0.408 e. The minimum Gasteiger partial charge on any atom is -0.444 e. The van der Waals surface area contributed by atoms with E-state index in [1.165, 1.54) is 0 Å². The van der Waals surface area contributed by atoms with E-state index in [9.17, 15) is 14.4 Å². The van der Waals surface area contributed by atoms with E-state index in [1.54, 1.807) is 31.7 Å². The monoisotopic (exact) mass is 533 g/mol. The Morgan fingerprint density at radius 3 is 2.23 bits per heavy atom. The van der Waals surface area contributed by atoms with Gasteiger partial charge in [0, 0.05) is 18.0 Å². The zero-order valence-corrected chi connectivity index (χ0v) is 24.1. The Kier molecular flexibility index (Phi) is 9.59. The molecule has 3 amide bonds. The molecule has 7 nitrogen and oxygen atoms in total. The maximum absolute atomic E-state index is 14.5. The van der Waals surface area contributed by atoms with Crippen LogP contribution in [0, 0.1) is 0 Å². The highest BCUT2D eigenvalue weighted by atomic mass is 16.6. The van der Waals surface area contributed by atoms with Crippen LogP contribution in [-0.4, -0.2) is 46.0 Å². The third kappa shape index (κ3) is 8.70. The lowest BCUT2D eigenvalue weighted by molar-refractivity contribution is -0.148. The molecule has 39 heavy (non-hydrogen) atoms. The summed E-state index contributed by atoms with van der Waals surface area (Å²) in [5.41, 5.74) is 1.22. The van der Waals surface area contributed by atoms with Crippen LogP contribution in [-0.2, 0) is 20.7 Å². The Morgan fingerprint density at radius 1 is 1.03 bits per heavy atom. The molecular formula is C32H43N3O4. The van der Waals surface area contributed by atoms with Crippen molar-refractivity contribution < 1.29 is 19.1 Å². The molecule has 3 rings (SSSR count). The molecule has 1 fully saturated rings. The van der Waals surface area contributed by atoms with Crippen LogP contribution in [0.1, 0.15) is 83.5 Å². The number of benzene rings is 2. The average molecular weight is 534 g/mol. The number of carbonyl (C=O) groups is 3. The Labute approximate surface area is 233 Å². The highest BCUT2D eigenvalue weighted by molar-refractivity contribution is 5.93. The fourth-order valence-corrected chi connectivity index (χ4v) is 4.59. The Bertz CT molecular complexity index is 1160. The molecule has 2 atom stereocenters. The van der Waals surface area contributed by atoms with Gasteiger partial charge >= 0.3 is 6.09 Å². The van der Waals surface area contributed by atoms with E-state index in [2.05, 4.69) is 17.2 Å². The molecule has 210 valence electrons. The summed E-state index contributed by atoms with van der Waals surface area (Å²) < 4.78 is 5.51. The number of nitrogens with zero attached hydrogens (tertiary/aromatic N) is 1. The first kappa shape index (κ1) is 29.9. The Morgan fingerprint density at radius 2 is 1.69 bits per heavy atom. The van der Waals surface area contributed by atoms with Crippen LogP contribution < -0.4 is 10.6 Å². The molecule has 0 heterocycles. The van der Waals surface area contributed by atoms with E-state index in [4.69, 9.17) is 4.74 Å². The first-order chi connectivity index (χ1) is 18.3. The SMILES string of the molecule is C=Cc1cccc(C(C(=O)NC(C)(C)C)N(C(=O)C(Cc2ccccc2)NC(=O)OC(C)(C)C)C2CCC2)c1. The molecule has 0 aliphatic heterocycles.